The summed E-state index contributed by atoms with van der Waals surface area (Å²) in [5.74, 6) is 0. The van der Waals surface area contributed by atoms with E-state index < -0.39 is 10.0 Å². The molecule has 0 amide bonds. The summed E-state index contributed by atoms with van der Waals surface area (Å²) >= 11 is 3.21. The topological polar surface area (TPSA) is 61.2 Å². The maximum absolute atomic E-state index is 12.2. The molecule has 0 aliphatic heterocycles. The summed E-state index contributed by atoms with van der Waals surface area (Å²) in [5, 5.41) is 9.31. The monoisotopic (exact) mass is 316 g/mol. The fraction of sp³-hybridized carbons (Fsp3) is 0.364. The molecule has 0 unspecified atom stereocenters. The van der Waals surface area contributed by atoms with Gasteiger partial charge in [0.2, 0.25) is 10.0 Å². The quantitative estimate of drug-likeness (QED) is 0.797. The maximum Gasteiger partial charge on any atom is 0.243 e. The Morgan fingerprint density at radius 1 is 1.47 bits per heavy atom. The first-order chi connectivity index (χ1) is 7.93. The van der Waals surface area contributed by atoms with Gasteiger partial charge in [-0.3, -0.25) is 0 Å². The van der Waals surface area contributed by atoms with Gasteiger partial charge < -0.3 is 0 Å². The minimum absolute atomic E-state index is 0.250. The third-order valence-electron chi connectivity index (χ3n) is 2.39. The highest BCUT2D eigenvalue weighted by Crippen LogP contribution is 2.19. The third-order valence-corrected chi connectivity index (χ3v) is 4.76. The number of sulfonamides is 1. The molecule has 17 heavy (non-hydrogen) atoms. The van der Waals surface area contributed by atoms with Crippen molar-refractivity contribution in [3.63, 3.8) is 0 Å². The zero-order valence-corrected chi connectivity index (χ0v) is 12.0. The molecule has 1 aromatic rings. The number of hydrogen-bond donors (Lipinski definition) is 0. The Morgan fingerprint density at radius 3 is 2.59 bits per heavy atom. The van der Waals surface area contributed by atoms with Crippen molar-refractivity contribution in [3.05, 3.63) is 29.3 Å². The van der Waals surface area contributed by atoms with Crippen LogP contribution in [0, 0.1) is 18.3 Å². The van der Waals surface area contributed by atoms with Crippen LogP contribution in [0.3, 0.4) is 0 Å². The van der Waals surface area contributed by atoms with Gasteiger partial charge in [0.15, 0.2) is 0 Å². The van der Waals surface area contributed by atoms with Crippen LogP contribution in [0.1, 0.15) is 11.1 Å². The third kappa shape index (κ3) is 3.06. The Bertz CT molecular complexity index is 549. The van der Waals surface area contributed by atoms with Crippen LogP contribution in [0.5, 0.6) is 0 Å². The number of benzene rings is 1. The van der Waals surface area contributed by atoms with Crippen molar-refractivity contribution in [1.29, 1.82) is 5.26 Å². The average molecular weight is 317 g/mol. The van der Waals surface area contributed by atoms with Gasteiger partial charge in [-0.15, -0.1) is 0 Å². The van der Waals surface area contributed by atoms with Crippen molar-refractivity contribution in [3.8, 4) is 6.07 Å². The molecule has 0 aliphatic carbocycles. The van der Waals surface area contributed by atoms with Crippen molar-refractivity contribution in [2.45, 2.75) is 11.8 Å². The lowest BCUT2D eigenvalue weighted by Gasteiger charge is -2.17. The number of alkyl halides is 1. The predicted octanol–water partition coefficient (Wildman–Crippen LogP) is 1.88. The van der Waals surface area contributed by atoms with Gasteiger partial charge in [0.1, 0.15) is 0 Å². The highest BCUT2D eigenvalue weighted by atomic mass is 79.9. The van der Waals surface area contributed by atoms with Crippen LogP contribution >= 0.6 is 15.9 Å². The van der Waals surface area contributed by atoms with Gasteiger partial charge in [-0.25, -0.2) is 12.7 Å². The summed E-state index contributed by atoms with van der Waals surface area (Å²) in [4.78, 5) is 0.250. The van der Waals surface area contributed by atoms with Crippen LogP contribution < -0.4 is 0 Å². The summed E-state index contributed by atoms with van der Waals surface area (Å²) in [5.41, 5.74) is 1.05. The maximum atomic E-state index is 12.2. The highest BCUT2D eigenvalue weighted by molar-refractivity contribution is 9.09. The van der Waals surface area contributed by atoms with Crippen LogP contribution in [-0.4, -0.2) is 31.6 Å². The van der Waals surface area contributed by atoms with Gasteiger partial charge in [-0.2, -0.15) is 5.26 Å². The molecule has 0 spiro atoms. The van der Waals surface area contributed by atoms with E-state index in [1.54, 1.807) is 13.0 Å². The molecule has 92 valence electrons. The molecule has 0 atom stereocenters. The largest absolute Gasteiger partial charge is 0.243 e. The Balaban J connectivity index is 3.21. The van der Waals surface area contributed by atoms with Crippen molar-refractivity contribution < 1.29 is 8.42 Å². The fourth-order valence-electron chi connectivity index (χ4n) is 1.42. The molecule has 6 heteroatoms. The van der Waals surface area contributed by atoms with Gasteiger partial charge in [0.05, 0.1) is 16.5 Å². The number of nitriles is 1. The van der Waals surface area contributed by atoms with Crippen LogP contribution in [0.15, 0.2) is 23.1 Å². The van der Waals surface area contributed by atoms with E-state index in [1.165, 1.54) is 23.5 Å². The number of hydrogen-bond acceptors (Lipinski definition) is 3. The Hall–Kier alpha value is -0.900. The zero-order valence-electron chi connectivity index (χ0n) is 9.64. The fourth-order valence-corrected chi connectivity index (χ4v) is 3.56. The second kappa shape index (κ2) is 5.63. The molecule has 0 saturated carbocycles. The van der Waals surface area contributed by atoms with E-state index in [4.69, 9.17) is 5.26 Å². The predicted molar refractivity (Wildman–Crippen MR) is 69.5 cm³/mol. The lowest BCUT2D eigenvalue weighted by molar-refractivity contribution is 0.489. The van der Waals surface area contributed by atoms with Gasteiger partial charge in [-0.05, 0) is 30.7 Å². The smallest absolute Gasteiger partial charge is 0.207 e. The van der Waals surface area contributed by atoms with E-state index in [2.05, 4.69) is 15.9 Å². The standard InChI is InChI=1S/C11H13BrN2O2S/c1-9-7-10(8-13)3-4-11(9)17(15,16)14(2)6-5-12/h3-4,7H,5-6H2,1-2H3. The molecule has 0 aliphatic rings. The second-order valence-corrected chi connectivity index (χ2v) is 6.41. The summed E-state index contributed by atoms with van der Waals surface area (Å²) in [6.45, 7) is 2.09. The summed E-state index contributed by atoms with van der Waals surface area (Å²) < 4.78 is 25.6. The molecule has 0 aromatic heterocycles. The molecular formula is C11H13BrN2O2S. The number of rotatable bonds is 4. The lowest BCUT2D eigenvalue weighted by atomic mass is 10.2. The first-order valence-electron chi connectivity index (χ1n) is 4.96. The Labute approximate surface area is 110 Å². The van der Waals surface area contributed by atoms with Crippen LogP contribution in [0.2, 0.25) is 0 Å². The molecule has 0 radical (unpaired) electrons. The van der Waals surface area contributed by atoms with Crippen LogP contribution in [-0.2, 0) is 10.0 Å². The average Bonchev–Trinajstić information content (AvgIpc) is 2.28. The molecule has 1 aromatic carbocycles. The van der Waals surface area contributed by atoms with Crippen LogP contribution in [0.25, 0.3) is 0 Å². The van der Waals surface area contributed by atoms with E-state index in [1.807, 2.05) is 6.07 Å². The highest BCUT2D eigenvalue weighted by Gasteiger charge is 2.22. The number of halogens is 1. The van der Waals surface area contributed by atoms with Gasteiger partial charge in [-0.1, -0.05) is 15.9 Å². The van der Waals surface area contributed by atoms with Crippen molar-refractivity contribution >= 4 is 26.0 Å². The van der Waals surface area contributed by atoms with E-state index >= 15 is 0 Å². The lowest BCUT2D eigenvalue weighted by Crippen LogP contribution is -2.29. The summed E-state index contributed by atoms with van der Waals surface area (Å²) in [6, 6.07) is 6.56. The number of aryl methyl sites for hydroxylation is 1. The molecule has 1 rings (SSSR count). The first kappa shape index (κ1) is 14.2. The SMILES string of the molecule is Cc1cc(C#N)ccc1S(=O)(=O)N(C)CCBr. The van der Waals surface area contributed by atoms with Gasteiger partial charge in [0.25, 0.3) is 0 Å². The van der Waals surface area contributed by atoms with Crippen molar-refractivity contribution in [2.75, 3.05) is 18.9 Å². The molecule has 0 fully saturated rings. The minimum Gasteiger partial charge on any atom is -0.207 e. The van der Waals surface area contributed by atoms with Crippen LogP contribution in [0.4, 0.5) is 0 Å². The molecule has 4 nitrogen and oxygen atoms in total. The normalized spacial score (nSPS) is 11.5. The molecule has 0 bridgehead atoms. The molecule has 0 heterocycles. The zero-order chi connectivity index (χ0) is 13.1. The Kier molecular flexibility index (Phi) is 4.69. The Morgan fingerprint density at radius 2 is 2.12 bits per heavy atom. The van der Waals surface area contributed by atoms with E-state index in [-0.39, 0.29) is 4.90 Å². The number of nitrogens with zero attached hydrogens (tertiary/aromatic N) is 2. The molecule has 0 saturated heterocycles. The van der Waals surface area contributed by atoms with Gasteiger partial charge in [0, 0.05) is 18.9 Å². The molecule has 0 N–H and O–H groups in total. The summed E-state index contributed by atoms with van der Waals surface area (Å²) in [6.07, 6.45) is 0. The minimum atomic E-state index is -3.46. The van der Waals surface area contributed by atoms with Crippen molar-refractivity contribution in [1.82, 2.24) is 4.31 Å². The summed E-state index contributed by atoms with van der Waals surface area (Å²) in [7, 11) is -1.93. The van der Waals surface area contributed by atoms with E-state index in [0.717, 1.165) is 0 Å². The van der Waals surface area contributed by atoms with E-state index in [0.29, 0.717) is 23.0 Å². The molecular weight excluding hydrogens is 304 g/mol. The van der Waals surface area contributed by atoms with Crippen molar-refractivity contribution in [2.24, 2.45) is 0 Å². The van der Waals surface area contributed by atoms with E-state index in [9.17, 15) is 8.42 Å². The second-order valence-electron chi connectivity index (χ2n) is 3.61. The van der Waals surface area contributed by atoms with Gasteiger partial charge >= 0.3 is 0 Å². The first-order valence-corrected chi connectivity index (χ1v) is 7.52.